The number of halogens is 1. The summed E-state index contributed by atoms with van der Waals surface area (Å²) in [4.78, 5) is 25.3. The molecule has 32 heavy (non-hydrogen) atoms. The standard InChI is InChI=1S/C24H22ClNO5S/c1-4-31-24(28)22-18(16-9-10-19(29-2)20(13-16)30-3)14-32-23(22)26-21(27)11-8-15-6-5-7-17(25)12-15/h5-14H,4H2,1-3H3,(H,26,27). The normalized spacial score (nSPS) is 10.8. The van der Waals surface area contributed by atoms with Crippen molar-refractivity contribution >= 4 is 45.9 Å². The Bertz CT molecular complexity index is 1160. The highest BCUT2D eigenvalue weighted by molar-refractivity contribution is 7.15. The van der Waals surface area contributed by atoms with Crippen molar-refractivity contribution < 1.29 is 23.8 Å². The number of hydrogen-bond acceptors (Lipinski definition) is 6. The molecular formula is C24H22ClNO5S. The molecule has 0 bridgehead atoms. The molecule has 0 atom stereocenters. The molecule has 1 amide bonds. The van der Waals surface area contributed by atoms with E-state index >= 15 is 0 Å². The van der Waals surface area contributed by atoms with E-state index < -0.39 is 5.97 Å². The fourth-order valence-corrected chi connectivity index (χ4v) is 4.17. The van der Waals surface area contributed by atoms with Crippen molar-refractivity contribution in [2.75, 3.05) is 26.1 Å². The van der Waals surface area contributed by atoms with Gasteiger partial charge < -0.3 is 19.5 Å². The molecule has 0 fully saturated rings. The monoisotopic (exact) mass is 471 g/mol. The SMILES string of the molecule is CCOC(=O)c1c(-c2ccc(OC)c(OC)c2)csc1NC(=O)C=Cc1cccc(Cl)c1. The molecule has 8 heteroatoms. The van der Waals surface area contributed by atoms with Crippen LogP contribution < -0.4 is 14.8 Å². The second-order valence-electron chi connectivity index (χ2n) is 6.52. The molecule has 0 unspecified atom stereocenters. The Kier molecular flexibility index (Phi) is 7.92. The number of thiophene rings is 1. The van der Waals surface area contributed by atoms with E-state index in [1.165, 1.54) is 17.4 Å². The number of benzene rings is 2. The lowest BCUT2D eigenvalue weighted by atomic mass is 10.0. The average Bonchev–Trinajstić information content (AvgIpc) is 3.21. The summed E-state index contributed by atoms with van der Waals surface area (Å²) < 4.78 is 15.9. The van der Waals surface area contributed by atoms with Crippen molar-refractivity contribution in [3.05, 3.63) is 70.1 Å². The van der Waals surface area contributed by atoms with E-state index in [2.05, 4.69) is 5.32 Å². The minimum atomic E-state index is -0.521. The minimum absolute atomic E-state index is 0.210. The minimum Gasteiger partial charge on any atom is -0.493 e. The zero-order valence-corrected chi connectivity index (χ0v) is 19.4. The highest BCUT2D eigenvalue weighted by Crippen LogP contribution is 2.39. The maximum absolute atomic E-state index is 12.7. The van der Waals surface area contributed by atoms with Gasteiger partial charge in [0.25, 0.3) is 0 Å². The van der Waals surface area contributed by atoms with Crippen molar-refractivity contribution in [2.24, 2.45) is 0 Å². The van der Waals surface area contributed by atoms with Crippen molar-refractivity contribution in [1.82, 2.24) is 0 Å². The van der Waals surface area contributed by atoms with Gasteiger partial charge in [0, 0.05) is 22.0 Å². The van der Waals surface area contributed by atoms with Crippen LogP contribution in [-0.2, 0) is 9.53 Å². The Morgan fingerprint density at radius 1 is 1.09 bits per heavy atom. The lowest BCUT2D eigenvalue weighted by Crippen LogP contribution is -2.12. The van der Waals surface area contributed by atoms with E-state index in [-0.39, 0.29) is 18.1 Å². The molecule has 3 rings (SSSR count). The summed E-state index contributed by atoms with van der Waals surface area (Å²) in [7, 11) is 3.09. The van der Waals surface area contributed by atoms with Crippen LogP contribution in [-0.4, -0.2) is 32.7 Å². The Balaban J connectivity index is 1.92. The predicted octanol–water partition coefficient (Wildman–Crippen LogP) is 5.91. The van der Waals surface area contributed by atoms with Gasteiger partial charge in [-0.1, -0.05) is 29.8 Å². The van der Waals surface area contributed by atoms with Gasteiger partial charge in [0.05, 0.1) is 20.8 Å². The zero-order chi connectivity index (χ0) is 23.1. The number of amides is 1. The first-order chi connectivity index (χ1) is 15.5. The fraction of sp³-hybridized carbons (Fsp3) is 0.167. The molecule has 166 valence electrons. The Labute approximate surface area is 195 Å². The largest absolute Gasteiger partial charge is 0.493 e. The van der Waals surface area contributed by atoms with Gasteiger partial charge in [-0.15, -0.1) is 11.3 Å². The molecule has 1 aromatic heterocycles. The van der Waals surface area contributed by atoms with Gasteiger partial charge in [0.2, 0.25) is 5.91 Å². The van der Waals surface area contributed by atoms with Crippen LogP contribution in [0.15, 0.2) is 53.9 Å². The molecule has 0 saturated heterocycles. The van der Waals surface area contributed by atoms with Gasteiger partial charge >= 0.3 is 5.97 Å². The summed E-state index contributed by atoms with van der Waals surface area (Å²) >= 11 is 7.22. The fourth-order valence-electron chi connectivity index (χ4n) is 3.01. The molecule has 3 aromatic rings. The van der Waals surface area contributed by atoms with Gasteiger partial charge in [-0.3, -0.25) is 4.79 Å². The van der Waals surface area contributed by atoms with Gasteiger partial charge in [-0.2, -0.15) is 0 Å². The van der Waals surface area contributed by atoms with Gasteiger partial charge in [-0.25, -0.2) is 4.79 Å². The average molecular weight is 472 g/mol. The van der Waals surface area contributed by atoms with Crippen molar-refractivity contribution in [3.63, 3.8) is 0 Å². The molecule has 0 aliphatic carbocycles. The summed E-state index contributed by atoms with van der Waals surface area (Å²) in [5, 5.41) is 5.55. The molecule has 6 nitrogen and oxygen atoms in total. The number of methoxy groups -OCH3 is 2. The first-order valence-corrected chi connectivity index (χ1v) is 11.0. The molecule has 0 radical (unpaired) electrons. The number of hydrogen-bond donors (Lipinski definition) is 1. The summed E-state index contributed by atoms with van der Waals surface area (Å²) in [5.74, 6) is 0.203. The van der Waals surface area contributed by atoms with Crippen molar-refractivity contribution in [2.45, 2.75) is 6.92 Å². The van der Waals surface area contributed by atoms with Crippen LogP contribution in [0.5, 0.6) is 11.5 Å². The highest BCUT2D eigenvalue weighted by Gasteiger charge is 2.23. The second-order valence-corrected chi connectivity index (χ2v) is 7.84. The number of carbonyl (C=O) groups is 2. The maximum Gasteiger partial charge on any atom is 0.341 e. The second kappa shape index (κ2) is 10.8. The predicted molar refractivity (Wildman–Crippen MR) is 128 cm³/mol. The van der Waals surface area contributed by atoms with Crippen LogP contribution in [0.4, 0.5) is 5.00 Å². The number of carbonyl (C=O) groups excluding carboxylic acids is 2. The van der Waals surface area contributed by atoms with Crippen LogP contribution in [0.2, 0.25) is 5.02 Å². The van der Waals surface area contributed by atoms with Gasteiger partial charge in [-0.05, 0) is 48.4 Å². The molecule has 0 spiro atoms. The number of rotatable bonds is 8. The molecular weight excluding hydrogens is 450 g/mol. The molecule has 1 N–H and O–H groups in total. The van der Waals surface area contributed by atoms with Crippen LogP contribution in [0.25, 0.3) is 17.2 Å². The summed E-state index contributed by atoms with van der Waals surface area (Å²) in [6, 6.07) is 12.5. The van der Waals surface area contributed by atoms with Gasteiger partial charge in [0.15, 0.2) is 11.5 Å². The quantitative estimate of drug-likeness (QED) is 0.326. The van der Waals surface area contributed by atoms with E-state index in [4.69, 9.17) is 25.8 Å². The topological polar surface area (TPSA) is 73.9 Å². The van der Waals surface area contributed by atoms with E-state index in [0.29, 0.717) is 27.1 Å². The van der Waals surface area contributed by atoms with E-state index in [1.807, 2.05) is 12.1 Å². The third-order valence-corrected chi connectivity index (χ3v) is 5.61. The lowest BCUT2D eigenvalue weighted by Gasteiger charge is -2.11. The maximum atomic E-state index is 12.7. The molecule has 1 heterocycles. The Morgan fingerprint density at radius 3 is 2.56 bits per heavy atom. The summed E-state index contributed by atoms with van der Waals surface area (Å²) in [6.07, 6.45) is 3.03. The summed E-state index contributed by atoms with van der Waals surface area (Å²) in [6.45, 7) is 1.94. The molecule has 2 aromatic carbocycles. The number of ether oxygens (including phenoxy) is 3. The first kappa shape index (κ1) is 23.4. The molecule has 0 saturated carbocycles. The van der Waals surface area contributed by atoms with Crippen LogP contribution >= 0.6 is 22.9 Å². The van der Waals surface area contributed by atoms with Crippen molar-refractivity contribution in [3.8, 4) is 22.6 Å². The smallest absolute Gasteiger partial charge is 0.341 e. The Morgan fingerprint density at radius 2 is 1.88 bits per heavy atom. The third kappa shape index (κ3) is 5.49. The number of anilines is 1. The Hall–Kier alpha value is -3.29. The lowest BCUT2D eigenvalue weighted by molar-refractivity contribution is -0.111. The zero-order valence-electron chi connectivity index (χ0n) is 17.8. The van der Waals surface area contributed by atoms with Crippen LogP contribution in [0, 0.1) is 0 Å². The van der Waals surface area contributed by atoms with Crippen molar-refractivity contribution in [1.29, 1.82) is 0 Å². The first-order valence-electron chi connectivity index (χ1n) is 9.72. The van der Waals surface area contributed by atoms with E-state index in [0.717, 1.165) is 11.1 Å². The van der Waals surface area contributed by atoms with Gasteiger partial charge in [0.1, 0.15) is 10.6 Å². The highest BCUT2D eigenvalue weighted by atomic mass is 35.5. The van der Waals surface area contributed by atoms with E-state index in [9.17, 15) is 9.59 Å². The number of esters is 1. The van der Waals surface area contributed by atoms with Crippen LogP contribution in [0.1, 0.15) is 22.8 Å². The number of nitrogens with one attached hydrogen (secondary N) is 1. The third-order valence-electron chi connectivity index (χ3n) is 4.48. The van der Waals surface area contributed by atoms with E-state index in [1.54, 1.807) is 62.9 Å². The molecule has 0 aliphatic heterocycles. The molecule has 0 aliphatic rings. The summed E-state index contributed by atoms with van der Waals surface area (Å²) in [5.41, 5.74) is 2.43. The van der Waals surface area contributed by atoms with Crippen LogP contribution in [0.3, 0.4) is 0 Å².